The lowest BCUT2D eigenvalue weighted by molar-refractivity contribution is 0.102. The average molecular weight is 270 g/mol. The first-order valence-electron chi connectivity index (χ1n) is 5.79. The van der Waals surface area contributed by atoms with Gasteiger partial charge in [-0.15, -0.1) is 0 Å². The Morgan fingerprint density at radius 1 is 1.25 bits per heavy atom. The Bertz CT molecular complexity index is 675. The van der Waals surface area contributed by atoms with E-state index in [0.29, 0.717) is 11.3 Å². The van der Waals surface area contributed by atoms with Crippen molar-refractivity contribution in [1.82, 2.24) is 0 Å². The van der Waals surface area contributed by atoms with Crippen LogP contribution in [-0.2, 0) is 0 Å². The Kier molecular flexibility index (Phi) is 3.96. The molecule has 0 aliphatic rings. The number of rotatable bonds is 3. The summed E-state index contributed by atoms with van der Waals surface area (Å²) < 4.78 is 18.0. The number of hydrogen-bond donors (Lipinski definition) is 1. The molecule has 100 valence electrons. The number of nitrogens with one attached hydrogen (secondary N) is 1. The summed E-state index contributed by atoms with van der Waals surface area (Å²) in [7, 11) is 1.53. The van der Waals surface area contributed by atoms with Gasteiger partial charge in [0.25, 0.3) is 5.91 Å². The van der Waals surface area contributed by atoms with E-state index in [1.165, 1.54) is 19.2 Å². The molecular formula is C15H11FN2O2. The third-order valence-corrected chi connectivity index (χ3v) is 2.70. The number of hydrogen-bond acceptors (Lipinski definition) is 3. The summed E-state index contributed by atoms with van der Waals surface area (Å²) in [6.07, 6.45) is 0. The van der Waals surface area contributed by atoms with E-state index in [1.807, 2.05) is 6.07 Å². The van der Waals surface area contributed by atoms with Gasteiger partial charge in [-0.25, -0.2) is 4.39 Å². The zero-order valence-electron chi connectivity index (χ0n) is 10.7. The third-order valence-electron chi connectivity index (χ3n) is 2.70. The van der Waals surface area contributed by atoms with Crippen LogP contribution >= 0.6 is 0 Å². The number of anilines is 1. The van der Waals surface area contributed by atoms with Crippen LogP contribution in [0, 0.1) is 17.1 Å². The molecular weight excluding hydrogens is 259 g/mol. The minimum atomic E-state index is -0.524. The minimum absolute atomic E-state index is 0.0758. The van der Waals surface area contributed by atoms with Crippen LogP contribution < -0.4 is 10.1 Å². The molecule has 0 fully saturated rings. The molecule has 0 aliphatic carbocycles. The second kappa shape index (κ2) is 5.85. The quantitative estimate of drug-likeness (QED) is 0.932. The van der Waals surface area contributed by atoms with Crippen LogP contribution in [0.3, 0.4) is 0 Å². The number of nitrogens with zero attached hydrogens (tertiary/aromatic N) is 1. The first-order chi connectivity index (χ1) is 9.63. The summed E-state index contributed by atoms with van der Waals surface area (Å²) in [6, 6.07) is 12.0. The molecule has 0 bridgehead atoms. The predicted octanol–water partition coefficient (Wildman–Crippen LogP) is 2.96. The Hall–Kier alpha value is -2.87. The van der Waals surface area contributed by atoms with Gasteiger partial charge >= 0.3 is 0 Å². The van der Waals surface area contributed by atoms with E-state index in [2.05, 4.69) is 5.32 Å². The molecule has 2 aromatic carbocycles. The number of carbonyl (C=O) groups is 1. The van der Waals surface area contributed by atoms with Crippen LogP contribution in [0.1, 0.15) is 15.9 Å². The summed E-state index contributed by atoms with van der Waals surface area (Å²) in [5.41, 5.74) is 0.764. The highest BCUT2D eigenvalue weighted by molar-refractivity contribution is 6.04. The minimum Gasteiger partial charge on any atom is -0.497 e. The first kappa shape index (κ1) is 13.6. The molecule has 20 heavy (non-hydrogen) atoms. The largest absolute Gasteiger partial charge is 0.497 e. The van der Waals surface area contributed by atoms with Crippen LogP contribution in [0.25, 0.3) is 0 Å². The molecule has 0 saturated carbocycles. The molecule has 0 spiro atoms. The van der Waals surface area contributed by atoms with Gasteiger partial charge in [-0.05, 0) is 42.5 Å². The maximum atomic E-state index is 13.0. The van der Waals surface area contributed by atoms with Crippen molar-refractivity contribution < 1.29 is 13.9 Å². The maximum absolute atomic E-state index is 13.0. The molecule has 0 aliphatic heterocycles. The Labute approximate surface area is 115 Å². The molecule has 1 amide bonds. The number of nitriles is 1. The van der Waals surface area contributed by atoms with Gasteiger partial charge < -0.3 is 10.1 Å². The first-order valence-corrected chi connectivity index (χ1v) is 5.79. The fourth-order valence-electron chi connectivity index (χ4n) is 1.65. The van der Waals surface area contributed by atoms with E-state index in [-0.39, 0.29) is 17.2 Å². The molecule has 0 unspecified atom stereocenters. The topological polar surface area (TPSA) is 62.1 Å². The Balaban J connectivity index is 2.21. The SMILES string of the molecule is COc1ccc(C(=O)Nc2ccc(F)cc2C#N)cc1. The third kappa shape index (κ3) is 2.93. The summed E-state index contributed by atoms with van der Waals surface area (Å²) in [4.78, 5) is 12.0. The number of carbonyl (C=O) groups excluding carboxylic acids is 1. The smallest absolute Gasteiger partial charge is 0.255 e. The molecule has 1 N–H and O–H groups in total. The lowest BCUT2D eigenvalue weighted by Crippen LogP contribution is -2.12. The fraction of sp³-hybridized carbons (Fsp3) is 0.0667. The van der Waals surface area contributed by atoms with Crippen molar-refractivity contribution in [3.8, 4) is 11.8 Å². The summed E-state index contributed by atoms with van der Waals surface area (Å²) >= 11 is 0. The van der Waals surface area contributed by atoms with Gasteiger partial charge in [0.05, 0.1) is 18.4 Å². The second-order valence-corrected chi connectivity index (χ2v) is 3.98. The maximum Gasteiger partial charge on any atom is 0.255 e. The van der Waals surface area contributed by atoms with Crippen molar-refractivity contribution >= 4 is 11.6 Å². The molecule has 0 radical (unpaired) electrons. The molecule has 0 atom stereocenters. The van der Waals surface area contributed by atoms with E-state index in [4.69, 9.17) is 10.00 Å². The molecule has 5 heteroatoms. The van der Waals surface area contributed by atoms with Crippen LogP contribution in [0.2, 0.25) is 0 Å². The summed E-state index contributed by atoms with van der Waals surface area (Å²) in [5, 5.41) is 11.5. The van der Waals surface area contributed by atoms with E-state index in [1.54, 1.807) is 24.3 Å². The van der Waals surface area contributed by atoms with E-state index in [0.717, 1.165) is 6.07 Å². The number of halogens is 1. The van der Waals surface area contributed by atoms with Gasteiger partial charge in [-0.3, -0.25) is 4.79 Å². The standard InChI is InChI=1S/C15H11FN2O2/c1-20-13-5-2-10(3-6-13)15(19)18-14-7-4-12(16)8-11(14)9-17/h2-8H,1H3,(H,18,19). The van der Waals surface area contributed by atoms with Crippen LogP contribution in [-0.4, -0.2) is 13.0 Å². The van der Waals surface area contributed by atoms with E-state index >= 15 is 0 Å². The highest BCUT2D eigenvalue weighted by Gasteiger charge is 2.10. The lowest BCUT2D eigenvalue weighted by Gasteiger charge is -2.07. The van der Waals surface area contributed by atoms with Gasteiger partial charge in [-0.2, -0.15) is 5.26 Å². The van der Waals surface area contributed by atoms with Gasteiger partial charge in [0.15, 0.2) is 0 Å². The van der Waals surface area contributed by atoms with E-state index < -0.39 is 5.82 Å². The van der Waals surface area contributed by atoms with Gasteiger partial charge in [0, 0.05) is 5.56 Å². The molecule has 0 heterocycles. The highest BCUT2D eigenvalue weighted by atomic mass is 19.1. The van der Waals surface area contributed by atoms with Gasteiger partial charge in [0.2, 0.25) is 0 Å². The van der Waals surface area contributed by atoms with Crippen LogP contribution in [0.4, 0.5) is 10.1 Å². The van der Waals surface area contributed by atoms with Crippen molar-refractivity contribution in [2.24, 2.45) is 0 Å². The monoisotopic (exact) mass is 270 g/mol. The summed E-state index contributed by atoms with van der Waals surface area (Å²) in [5.74, 6) is -0.263. The van der Waals surface area contributed by atoms with Crippen LogP contribution in [0.15, 0.2) is 42.5 Å². The second-order valence-electron chi connectivity index (χ2n) is 3.98. The normalized spacial score (nSPS) is 9.65. The predicted molar refractivity (Wildman–Crippen MR) is 72.1 cm³/mol. The van der Waals surface area contributed by atoms with Crippen molar-refractivity contribution in [2.45, 2.75) is 0 Å². The lowest BCUT2D eigenvalue weighted by atomic mass is 10.1. The van der Waals surface area contributed by atoms with Crippen molar-refractivity contribution in [3.05, 3.63) is 59.4 Å². The summed E-state index contributed by atoms with van der Waals surface area (Å²) in [6.45, 7) is 0. The number of amides is 1. The number of ether oxygens (including phenoxy) is 1. The molecule has 0 aromatic heterocycles. The van der Waals surface area contributed by atoms with Crippen molar-refractivity contribution in [2.75, 3.05) is 12.4 Å². The molecule has 2 aromatic rings. The van der Waals surface area contributed by atoms with E-state index in [9.17, 15) is 9.18 Å². The number of methoxy groups -OCH3 is 1. The average Bonchev–Trinajstić information content (AvgIpc) is 2.49. The van der Waals surface area contributed by atoms with Gasteiger partial charge in [0.1, 0.15) is 17.6 Å². The Morgan fingerprint density at radius 2 is 1.95 bits per heavy atom. The van der Waals surface area contributed by atoms with Crippen LogP contribution in [0.5, 0.6) is 5.75 Å². The molecule has 0 saturated heterocycles. The Morgan fingerprint density at radius 3 is 2.55 bits per heavy atom. The van der Waals surface area contributed by atoms with Crippen molar-refractivity contribution in [3.63, 3.8) is 0 Å². The number of benzene rings is 2. The highest BCUT2D eigenvalue weighted by Crippen LogP contribution is 2.18. The van der Waals surface area contributed by atoms with Gasteiger partial charge in [-0.1, -0.05) is 0 Å². The zero-order chi connectivity index (χ0) is 14.5. The van der Waals surface area contributed by atoms with Crippen molar-refractivity contribution in [1.29, 1.82) is 5.26 Å². The molecule has 4 nitrogen and oxygen atoms in total. The fourth-order valence-corrected chi connectivity index (χ4v) is 1.65. The zero-order valence-corrected chi connectivity index (χ0v) is 10.7. The molecule has 2 rings (SSSR count).